The molecule has 5 heterocycles. The van der Waals surface area contributed by atoms with E-state index in [2.05, 4.69) is 27.5 Å². The van der Waals surface area contributed by atoms with Gasteiger partial charge in [0, 0.05) is 48.4 Å². The number of piperidine rings is 1. The second-order valence-electron chi connectivity index (χ2n) is 7.49. The number of aryl methyl sites for hydroxylation is 1. The molecule has 0 spiro atoms. The van der Waals surface area contributed by atoms with Crippen LogP contribution in [0.2, 0.25) is 0 Å². The van der Waals surface area contributed by atoms with Crippen LogP contribution in [0.5, 0.6) is 5.75 Å². The highest BCUT2D eigenvalue weighted by Gasteiger charge is 2.33. The molecule has 7 nitrogen and oxygen atoms in total. The van der Waals surface area contributed by atoms with E-state index >= 15 is 0 Å². The van der Waals surface area contributed by atoms with Crippen molar-refractivity contribution >= 4 is 11.3 Å². The van der Waals surface area contributed by atoms with E-state index in [-0.39, 0.29) is 6.10 Å². The fourth-order valence-corrected chi connectivity index (χ4v) is 4.11. The maximum Gasteiger partial charge on any atom is 0.146 e. The molecule has 0 radical (unpaired) electrons. The first-order valence-corrected chi connectivity index (χ1v) is 9.36. The number of fused-ring (bicyclic) bond motifs is 3. The quantitative estimate of drug-likeness (QED) is 0.740. The minimum absolute atomic E-state index is 0.169. The van der Waals surface area contributed by atoms with Gasteiger partial charge in [0.15, 0.2) is 0 Å². The molecule has 2 aliphatic heterocycles. The highest BCUT2D eigenvalue weighted by Crippen LogP contribution is 2.33. The lowest BCUT2D eigenvalue weighted by Gasteiger charge is -2.40. The zero-order valence-electron chi connectivity index (χ0n) is 15.3. The number of aromatic nitrogens is 3. The van der Waals surface area contributed by atoms with Gasteiger partial charge in [-0.05, 0) is 30.7 Å². The average molecular weight is 365 g/mol. The number of morpholine rings is 1. The maximum absolute atomic E-state index is 6.44. The molecule has 0 aromatic carbocycles. The van der Waals surface area contributed by atoms with Crippen molar-refractivity contribution in [2.45, 2.75) is 38.0 Å². The normalized spacial score (nSPS) is 24.9. The Balaban J connectivity index is 1.47. The molecular formula is C20H23N5O2. The van der Waals surface area contributed by atoms with Crippen molar-refractivity contribution in [3.8, 4) is 16.9 Å². The molecule has 0 aliphatic carbocycles. The lowest BCUT2D eigenvalue weighted by atomic mass is 9.94. The van der Waals surface area contributed by atoms with Gasteiger partial charge in [-0.25, -0.2) is 4.52 Å². The van der Waals surface area contributed by atoms with E-state index in [0.717, 1.165) is 54.1 Å². The minimum atomic E-state index is 0.169. The highest BCUT2D eigenvalue weighted by atomic mass is 16.5. The van der Waals surface area contributed by atoms with Gasteiger partial charge in [-0.1, -0.05) is 0 Å². The summed E-state index contributed by atoms with van der Waals surface area (Å²) in [6, 6.07) is 8.80. The fraction of sp³-hybridized carbons (Fsp3) is 0.400. The number of hydrogen-bond acceptors (Lipinski definition) is 6. The molecule has 5 rings (SSSR count). The molecule has 2 aliphatic rings. The Morgan fingerprint density at radius 2 is 2.04 bits per heavy atom. The van der Waals surface area contributed by atoms with Crippen molar-refractivity contribution in [3.05, 3.63) is 42.4 Å². The molecule has 140 valence electrons. The van der Waals surface area contributed by atoms with Gasteiger partial charge in [0.2, 0.25) is 0 Å². The van der Waals surface area contributed by atoms with Crippen LogP contribution in [-0.4, -0.2) is 46.0 Å². The Morgan fingerprint density at radius 1 is 1.22 bits per heavy atom. The van der Waals surface area contributed by atoms with E-state index in [1.807, 2.05) is 31.5 Å². The summed E-state index contributed by atoms with van der Waals surface area (Å²) in [7, 11) is 0. The molecule has 1 unspecified atom stereocenters. The SMILES string of the molecule is Cc1cc(-c2ccn3nc(N)cc3c2)c(OC2C[C@H]3COC[C@@H](C2)N3)cn1. The summed E-state index contributed by atoms with van der Waals surface area (Å²) < 4.78 is 13.9. The summed E-state index contributed by atoms with van der Waals surface area (Å²) in [5.41, 5.74) is 9.85. The Bertz CT molecular complexity index is 974. The van der Waals surface area contributed by atoms with Crippen LogP contribution in [0.4, 0.5) is 5.82 Å². The molecule has 3 aromatic heterocycles. The molecule has 0 amide bonds. The molecule has 3 aromatic rings. The van der Waals surface area contributed by atoms with E-state index in [9.17, 15) is 0 Å². The van der Waals surface area contributed by atoms with Crippen molar-refractivity contribution in [2.75, 3.05) is 18.9 Å². The van der Waals surface area contributed by atoms with Crippen LogP contribution in [0.1, 0.15) is 18.5 Å². The Hall–Kier alpha value is -2.64. The number of anilines is 1. The minimum Gasteiger partial charge on any atom is -0.488 e. The summed E-state index contributed by atoms with van der Waals surface area (Å²) >= 11 is 0. The van der Waals surface area contributed by atoms with Crippen LogP contribution in [0.25, 0.3) is 16.6 Å². The lowest BCUT2D eigenvalue weighted by molar-refractivity contribution is -0.0122. The molecule has 27 heavy (non-hydrogen) atoms. The largest absolute Gasteiger partial charge is 0.488 e. The molecular weight excluding hydrogens is 342 g/mol. The number of hydrogen-bond donors (Lipinski definition) is 2. The van der Waals surface area contributed by atoms with Gasteiger partial charge in [0.05, 0.1) is 24.9 Å². The summed E-state index contributed by atoms with van der Waals surface area (Å²) in [4.78, 5) is 4.47. The van der Waals surface area contributed by atoms with Crippen molar-refractivity contribution in [1.82, 2.24) is 19.9 Å². The molecule has 3 atom stereocenters. The van der Waals surface area contributed by atoms with Gasteiger partial charge in [0.25, 0.3) is 0 Å². The van der Waals surface area contributed by atoms with E-state index in [0.29, 0.717) is 17.9 Å². The van der Waals surface area contributed by atoms with E-state index in [4.69, 9.17) is 15.2 Å². The summed E-state index contributed by atoms with van der Waals surface area (Å²) in [6.45, 7) is 3.51. The first-order chi connectivity index (χ1) is 13.1. The van der Waals surface area contributed by atoms with Crippen LogP contribution >= 0.6 is 0 Å². The number of nitrogen functional groups attached to an aromatic ring is 1. The first-order valence-electron chi connectivity index (χ1n) is 9.36. The molecule has 7 heteroatoms. The predicted molar refractivity (Wildman–Crippen MR) is 103 cm³/mol. The number of nitrogens with zero attached hydrogens (tertiary/aromatic N) is 3. The lowest BCUT2D eigenvalue weighted by Crippen LogP contribution is -2.56. The van der Waals surface area contributed by atoms with Crippen LogP contribution < -0.4 is 15.8 Å². The third-order valence-electron chi connectivity index (χ3n) is 5.30. The third kappa shape index (κ3) is 3.24. The van der Waals surface area contributed by atoms with Gasteiger partial charge in [-0.2, -0.15) is 5.10 Å². The predicted octanol–water partition coefficient (Wildman–Crippen LogP) is 2.19. The van der Waals surface area contributed by atoms with Crippen molar-refractivity contribution in [1.29, 1.82) is 0 Å². The smallest absolute Gasteiger partial charge is 0.146 e. The maximum atomic E-state index is 6.44. The third-order valence-corrected chi connectivity index (χ3v) is 5.30. The van der Waals surface area contributed by atoms with Crippen LogP contribution in [0, 0.1) is 6.92 Å². The zero-order chi connectivity index (χ0) is 18.4. The Kier molecular flexibility index (Phi) is 3.98. The van der Waals surface area contributed by atoms with Gasteiger partial charge in [-0.3, -0.25) is 4.98 Å². The van der Waals surface area contributed by atoms with Crippen molar-refractivity contribution in [3.63, 3.8) is 0 Å². The standard InChI is InChI=1S/C20H23N5O2/c1-12-4-18(13-2-3-25-16(5-13)8-20(21)24-25)19(9-22-12)27-17-6-14-10-26-11-15(7-17)23-14/h2-5,8-9,14-15,17,23H,6-7,10-11H2,1H3,(H2,21,24)/t14-,15+,17?. The van der Waals surface area contributed by atoms with Gasteiger partial charge in [0.1, 0.15) is 17.7 Å². The molecule has 2 fully saturated rings. The molecule has 0 saturated carbocycles. The number of nitrogens with two attached hydrogens (primary N) is 1. The molecule has 2 bridgehead atoms. The number of nitrogens with one attached hydrogen (secondary N) is 1. The van der Waals surface area contributed by atoms with Gasteiger partial charge >= 0.3 is 0 Å². The van der Waals surface area contributed by atoms with Crippen molar-refractivity contribution in [2.24, 2.45) is 0 Å². The topological polar surface area (TPSA) is 86.7 Å². The van der Waals surface area contributed by atoms with Crippen LogP contribution in [0.15, 0.2) is 36.7 Å². The highest BCUT2D eigenvalue weighted by molar-refractivity contribution is 5.74. The van der Waals surface area contributed by atoms with Crippen LogP contribution in [0.3, 0.4) is 0 Å². The summed E-state index contributed by atoms with van der Waals surface area (Å²) in [5, 5.41) is 7.85. The van der Waals surface area contributed by atoms with E-state index < -0.39 is 0 Å². The van der Waals surface area contributed by atoms with Gasteiger partial charge < -0.3 is 20.5 Å². The summed E-state index contributed by atoms with van der Waals surface area (Å²) in [5.74, 6) is 1.33. The van der Waals surface area contributed by atoms with Gasteiger partial charge in [-0.15, -0.1) is 0 Å². The second-order valence-corrected chi connectivity index (χ2v) is 7.49. The molecule has 3 N–H and O–H groups in total. The monoisotopic (exact) mass is 365 g/mol. The van der Waals surface area contributed by atoms with Crippen LogP contribution in [-0.2, 0) is 4.74 Å². The number of rotatable bonds is 3. The van der Waals surface area contributed by atoms with E-state index in [1.54, 1.807) is 4.52 Å². The number of pyridine rings is 2. The first kappa shape index (κ1) is 16.5. The average Bonchev–Trinajstić information content (AvgIpc) is 3.02. The Morgan fingerprint density at radius 3 is 2.85 bits per heavy atom. The molecule has 2 saturated heterocycles. The van der Waals surface area contributed by atoms with E-state index in [1.165, 1.54) is 0 Å². The Labute approximate surface area is 157 Å². The fourth-order valence-electron chi connectivity index (χ4n) is 4.11. The number of ether oxygens (including phenoxy) is 2. The summed E-state index contributed by atoms with van der Waals surface area (Å²) in [6.07, 6.45) is 5.83. The second kappa shape index (κ2) is 6.51. The van der Waals surface area contributed by atoms with Crippen molar-refractivity contribution < 1.29 is 9.47 Å². The zero-order valence-corrected chi connectivity index (χ0v) is 15.3.